The van der Waals surface area contributed by atoms with Crippen LogP contribution in [0.1, 0.15) is 27.9 Å². The average molecular weight is 427 g/mol. The molecule has 0 saturated heterocycles. The number of nitrogens with one attached hydrogen (secondary N) is 2. The number of hydrogen-bond donors (Lipinski definition) is 3. The third-order valence-electron chi connectivity index (χ3n) is 5.55. The second-order valence-electron chi connectivity index (χ2n) is 7.44. The van der Waals surface area contributed by atoms with Crippen molar-refractivity contribution < 1.29 is 9.53 Å². The number of carbonyl (C=O) groups excluding carboxylic acids is 1. The highest BCUT2D eigenvalue weighted by atomic mass is 16.5. The van der Waals surface area contributed by atoms with Crippen molar-refractivity contribution in [2.75, 3.05) is 12.3 Å². The van der Waals surface area contributed by atoms with Crippen LogP contribution in [0.4, 0.5) is 5.82 Å². The number of H-pyrrole nitrogens is 1. The van der Waals surface area contributed by atoms with Gasteiger partial charge in [0.1, 0.15) is 11.4 Å². The third-order valence-corrected chi connectivity index (χ3v) is 5.55. The van der Waals surface area contributed by atoms with E-state index in [2.05, 4.69) is 51.9 Å². The van der Waals surface area contributed by atoms with E-state index in [1.807, 2.05) is 54.6 Å². The molecule has 1 aromatic heterocycles. The summed E-state index contributed by atoms with van der Waals surface area (Å²) in [6.07, 6.45) is 1.19. The maximum atomic E-state index is 10.7. The summed E-state index contributed by atoms with van der Waals surface area (Å²) in [5, 5.41) is 9.78. The highest BCUT2D eigenvalue weighted by Gasteiger charge is 2.37. The maximum Gasteiger partial charge on any atom is 0.207 e. The average Bonchev–Trinajstić information content (AvgIpc) is 3.21. The molecule has 0 bridgehead atoms. The van der Waals surface area contributed by atoms with Gasteiger partial charge >= 0.3 is 0 Å². The summed E-state index contributed by atoms with van der Waals surface area (Å²) in [6, 6.07) is 30.7. The van der Waals surface area contributed by atoms with Crippen LogP contribution in [0, 0.1) is 0 Å². The molecule has 4 rings (SSSR count). The van der Waals surface area contributed by atoms with Crippen LogP contribution in [-0.4, -0.2) is 23.2 Å². The number of amides is 1. The zero-order chi connectivity index (χ0) is 22.2. The fraction of sp³-hybridized carbons (Fsp3) is 0.154. The van der Waals surface area contributed by atoms with Gasteiger partial charge in [-0.05, 0) is 16.7 Å². The van der Waals surface area contributed by atoms with Crippen LogP contribution in [0.3, 0.4) is 0 Å². The van der Waals surface area contributed by atoms with Gasteiger partial charge < -0.3 is 15.8 Å². The number of hydrogen-bond acceptors (Lipinski definition) is 4. The van der Waals surface area contributed by atoms with Crippen molar-refractivity contribution in [1.82, 2.24) is 15.5 Å². The first-order chi connectivity index (χ1) is 15.8. The highest BCUT2D eigenvalue weighted by Crippen LogP contribution is 2.40. The normalized spacial score (nSPS) is 11.2. The Balaban J connectivity index is 1.72. The van der Waals surface area contributed by atoms with Gasteiger partial charge in [0, 0.05) is 18.5 Å². The number of nitrogen functional groups attached to an aromatic ring is 1. The van der Waals surface area contributed by atoms with Crippen LogP contribution in [0.5, 0.6) is 0 Å². The lowest BCUT2D eigenvalue weighted by Crippen LogP contribution is -2.33. The largest absolute Gasteiger partial charge is 0.384 e. The van der Waals surface area contributed by atoms with Gasteiger partial charge in [0.25, 0.3) is 0 Å². The molecule has 3 aromatic carbocycles. The first kappa shape index (κ1) is 21.3. The second kappa shape index (κ2) is 9.94. The van der Waals surface area contributed by atoms with Gasteiger partial charge in [0.05, 0.1) is 12.3 Å². The van der Waals surface area contributed by atoms with Gasteiger partial charge in [-0.15, -0.1) is 0 Å². The molecule has 1 amide bonds. The third kappa shape index (κ3) is 4.26. The van der Waals surface area contributed by atoms with Gasteiger partial charge in [0.2, 0.25) is 6.41 Å². The number of carbonyl (C=O) groups is 1. The van der Waals surface area contributed by atoms with Crippen LogP contribution < -0.4 is 11.1 Å². The van der Waals surface area contributed by atoms with Crippen molar-refractivity contribution in [3.8, 4) is 0 Å². The van der Waals surface area contributed by atoms with E-state index >= 15 is 0 Å². The van der Waals surface area contributed by atoms with Crippen molar-refractivity contribution in [2.24, 2.45) is 0 Å². The molecule has 0 radical (unpaired) electrons. The summed E-state index contributed by atoms with van der Waals surface area (Å²) in [7, 11) is 0. The van der Waals surface area contributed by atoms with E-state index in [1.54, 1.807) is 0 Å². The summed E-state index contributed by atoms with van der Waals surface area (Å²) in [6.45, 7) is 0.722. The van der Waals surface area contributed by atoms with Crippen molar-refractivity contribution in [3.05, 3.63) is 119 Å². The molecule has 0 aliphatic carbocycles. The summed E-state index contributed by atoms with van der Waals surface area (Å²) < 4.78 is 6.78. The number of nitrogens with two attached hydrogens (primary N) is 1. The van der Waals surface area contributed by atoms with Crippen LogP contribution in [0.25, 0.3) is 0 Å². The quantitative estimate of drug-likeness (QED) is 0.266. The van der Waals surface area contributed by atoms with E-state index < -0.39 is 5.60 Å². The van der Waals surface area contributed by atoms with Crippen LogP contribution in [0.2, 0.25) is 0 Å². The molecule has 162 valence electrons. The summed E-state index contributed by atoms with van der Waals surface area (Å²) in [5.41, 5.74) is 9.90. The Morgan fingerprint density at radius 2 is 1.38 bits per heavy atom. The van der Waals surface area contributed by atoms with Gasteiger partial charge in [-0.3, -0.25) is 9.89 Å². The minimum absolute atomic E-state index is 0.322. The van der Waals surface area contributed by atoms with Gasteiger partial charge in [0.15, 0.2) is 0 Å². The Kier molecular flexibility index (Phi) is 6.63. The molecule has 4 aromatic rings. The van der Waals surface area contributed by atoms with Crippen molar-refractivity contribution in [3.63, 3.8) is 0 Å². The Labute approximate surface area is 187 Å². The number of aromatic nitrogens is 2. The van der Waals surface area contributed by atoms with Crippen molar-refractivity contribution >= 4 is 12.2 Å². The van der Waals surface area contributed by atoms with E-state index in [0.717, 1.165) is 27.9 Å². The summed E-state index contributed by atoms with van der Waals surface area (Å²) in [4.78, 5) is 10.7. The first-order valence-corrected chi connectivity index (χ1v) is 10.5. The molecular weight excluding hydrogens is 400 g/mol. The zero-order valence-corrected chi connectivity index (χ0v) is 17.7. The SMILES string of the molecule is Nc1[nH]nc(CCOC(c2ccccc2)(c2ccccc2)c2ccccc2)c1CNC=O. The minimum atomic E-state index is -0.785. The number of ether oxygens (including phenoxy) is 1. The second-order valence-corrected chi connectivity index (χ2v) is 7.44. The fourth-order valence-electron chi connectivity index (χ4n) is 4.04. The molecule has 1 heterocycles. The summed E-state index contributed by atoms with van der Waals surface area (Å²) >= 11 is 0. The van der Waals surface area contributed by atoms with Crippen LogP contribution in [-0.2, 0) is 28.1 Å². The Bertz CT molecular complexity index is 1030. The smallest absolute Gasteiger partial charge is 0.207 e. The highest BCUT2D eigenvalue weighted by molar-refractivity contribution is 5.50. The van der Waals surface area contributed by atoms with Crippen LogP contribution in [0.15, 0.2) is 91.0 Å². The molecule has 32 heavy (non-hydrogen) atoms. The number of aromatic amines is 1. The molecule has 0 saturated carbocycles. The summed E-state index contributed by atoms with van der Waals surface area (Å²) in [5.74, 6) is 0.454. The fourth-order valence-corrected chi connectivity index (χ4v) is 4.04. The van der Waals surface area contributed by atoms with Crippen molar-refractivity contribution in [1.29, 1.82) is 0 Å². The van der Waals surface area contributed by atoms with E-state index in [-0.39, 0.29) is 0 Å². The zero-order valence-electron chi connectivity index (χ0n) is 17.7. The first-order valence-electron chi connectivity index (χ1n) is 10.5. The lowest BCUT2D eigenvalue weighted by molar-refractivity contribution is -0.109. The maximum absolute atomic E-state index is 10.7. The number of rotatable bonds is 10. The standard InChI is InChI=1S/C26H26N4O2/c27-25-23(18-28-19-31)24(29-30-25)16-17-32-26(20-10-4-1-5-11-20,21-12-6-2-7-13-21)22-14-8-3-9-15-22/h1-15,19H,16-18H2,(H,28,31)(H3,27,29,30). The molecule has 0 fully saturated rings. The molecule has 0 spiro atoms. The Hall–Kier alpha value is -3.90. The molecule has 0 atom stereocenters. The predicted octanol–water partition coefficient (Wildman–Crippen LogP) is 3.79. The van der Waals surface area contributed by atoms with Gasteiger partial charge in [-0.25, -0.2) is 0 Å². The van der Waals surface area contributed by atoms with Crippen molar-refractivity contribution in [2.45, 2.75) is 18.6 Å². The van der Waals surface area contributed by atoms with Crippen LogP contribution >= 0.6 is 0 Å². The molecule has 0 aliphatic rings. The number of benzene rings is 3. The van der Waals surface area contributed by atoms with E-state index in [9.17, 15) is 4.79 Å². The number of anilines is 1. The van der Waals surface area contributed by atoms with Gasteiger partial charge in [-0.1, -0.05) is 91.0 Å². The molecule has 0 unspecified atom stereocenters. The topological polar surface area (TPSA) is 93.0 Å². The van der Waals surface area contributed by atoms with Gasteiger partial charge in [-0.2, -0.15) is 5.10 Å². The lowest BCUT2D eigenvalue weighted by Gasteiger charge is -2.36. The Morgan fingerprint density at radius 1 is 0.875 bits per heavy atom. The molecule has 0 aliphatic heterocycles. The van der Waals surface area contributed by atoms with E-state index in [0.29, 0.717) is 31.8 Å². The van der Waals surface area contributed by atoms with E-state index in [1.165, 1.54) is 0 Å². The van der Waals surface area contributed by atoms with E-state index in [4.69, 9.17) is 10.5 Å². The lowest BCUT2D eigenvalue weighted by atomic mass is 9.80. The monoisotopic (exact) mass is 426 g/mol. The molecule has 6 nitrogen and oxygen atoms in total. The Morgan fingerprint density at radius 3 is 1.84 bits per heavy atom. The number of nitrogens with zero attached hydrogens (tertiary/aromatic N) is 1. The molecular formula is C26H26N4O2. The molecule has 6 heteroatoms. The predicted molar refractivity (Wildman–Crippen MR) is 125 cm³/mol. The molecule has 4 N–H and O–H groups in total. The minimum Gasteiger partial charge on any atom is -0.384 e.